The average molecular weight is 269 g/mol. The Morgan fingerprint density at radius 2 is 1.70 bits per heavy atom. The number of ether oxygens (including phenoxy) is 1. The van der Waals surface area contributed by atoms with Gasteiger partial charge in [-0.15, -0.1) is 0 Å². The second-order valence-corrected chi connectivity index (χ2v) is 5.22. The molecule has 1 atom stereocenters. The van der Waals surface area contributed by atoms with Gasteiger partial charge in [0.1, 0.15) is 5.75 Å². The van der Waals surface area contributed by atoms with E-state index in [1.54, 1.807) is 0 Å². The second-order valence-electron chi connectivity index (χ2n) is 5.22. The van der Waals surface area contributed by atoms with Gasteiger partial charge in [0.2, 0.25) is 0 Å². The Morgan fingerprint density at radius 3 is 2.35 bits per heavy atom. The van der Waals surface area contributed by atoms with Crippen molar-refractivity contribution in [3.05, 3.63) is 59.2 Å². The number of para-hydroxylation sites is 2. The summed E-state index contributed by atoms with van der Waals surface area (Å²) in [6, 6.07) is 15.0. The van der Waals surface area contributed by atoms with Gasteiger partial charge in [0.25, 0.3) is 0 Å². The largest absolute Gasteiger partial charge is 0.492 e. The zero-order valence-electron chi connectivity index (χ0n) is 12.7. The molecule has 2 rings (SSSR count). The smallest absolute Gasteiger partial charge is 0.142 e. The van der Waals surface area contributed by atoms with Gasteiger partial charge in [-0.3, -0.25) is 0 Å². The van der Waals surface area contributed by atoms with E-state index in [0.717, 1.165) is 11.4 Å². The molecule has 2 aromatic rings. The van der Waals surface area contributed by atoms with E-state index in [2.05, 4.69) is 50.4 Å². The van der Waals surface area contributed by atoms with Gasteiger partial charge in [-0.05, 0) is 45.4 Å². The Labute approximate surface area is 121 Å². The van der Waals surface area contributed by atoms with Crippen LogP contribution in [0.15, 0.2) is 42.5 Å². The summed E-state index contributed by atoms with van der Waals surface area (Å²) in [7, 11) is 0. The molecule has 2 heteroatoms. The number of anilines is 1. The summed E-state index contributed by atoms with van der Waals surface area (Å²) < 4.78 is 5.66. The Balaban J connectivity index is 2.21. The highest BCUT2D eigenvalue weighted by Crippen LogP contribution is 2.28. The standard InChI is InChI=1S/C18H23NO/c1-5-20-18-9-7-6-8-17(18)19-15(4)16-11-13(2)10-14(3)12-16/h6-12,15,19H,5H2,1-4H3. The van der Waals surface area contributed by atoms with Crippen molar-refractivity contribution in [1.29, 1.82) is 0 Å². The van der Waals surface area contributed by atoms with Crippen molar-refractivity contribution in [3.63, 3.8) is 0 Å². The van der Waals surface area contributed by atoms with Gasteiger partial charge in [0.05, 0.1) is 12.3 Å². The van der Waals surface area contributed by atoms with E-state index in [0.29, 0.717) is 6.61 Å². The van der Waals surface area contributed by atoms with Crippen LogP contribution in [0.2, 0.25) is 0 Å². The lowest BCUT2D eigenvalue weighted by atomic mass is 10.0. The van der Waals surface area contributed by atoms with Crippen molar-refractivity contribution in [2.24, 2.45) is 0 Å². The molecule has 0 aromatic heterocycles. The molecule has 0 aliphatic rings. The predicted octanol–water partition coefficient (Wildman–Crippen LogP) is 4.88. The number of nitrogens with one attached hydrogen (secondary N) is 1. The predicted molar refractivity (Wildman–Crippen MR) is 85.6 cm³/mol. The Hall–Kier alpha value is -1.96. The molecule has 2 aromatic carbocycles. The van der Waals surface area contributed by atoms with E-state index in [-0.39, 0.29) is 6.04 Å². The quantitative estimate of drug-likeness (QED) is 0.835. The summed E-state index contributed by atoms with van der Waals surface area (Å²) in [6.45, 7) is 9.13. The fourth-order valence-electron chi connectivity index (χ4n) is 2.44. The monoisotopic (exact) mass is 269 g/mol. The summed E-state index contributed by atoms with van der Waals surface area (Å²) in [6.07, 6.45) is 0. The van der Waals surface area contributed by atoms with Crippen LogP contribution >= 0.6 is 0 Å². The Morgan fingerprint density at radius 1 is 1.05 bits per heavy atom. The lowest BCUT2D eigenvalue weighted by molar-refractivity contribution is 0.341. The highest BCUT2D eigenvalue weighted by Gasteiger charge is 2.09. The molecule has 0 amide bonds. The second kappa shape index (κ2) is 6.47. The summed E-state index contributed by atoms with van der Waals surface area (Å²) in [5.41, 5.74) is 4.94. The topological polar surface area (TPSA) is 21.3 Å². The van der Waals surface area contributed by atoms with Crippen LogP contribution in [0.5, 0.6) is 5.75 Å². The third-order valence-corrected chi connectivity index (χ3v) is 3.30. The number of rotatable bonds is 5. The first-order chi connectivity index (χ1) is 9.60. The molecule has 1 N–H and O–H groups in total. The van der Waals surface area contributed by atoms with Gasteiger partial charge in [-0.25, -0.2) is 0 Å². The summed E-state index contributed by atoms with van der Waals surface area (Å²) in [4.78, 5) is 0. The third kappa shape index (κ3) is 3.53. The van der Waals surface area contributed by atoms with Crippen LogP contribution in [0, 0.1) is 13.8 Å². The van der Waals surface area contributed by atoms with Gasteiger partial charge in [-0.2, -0.15) is 0 Å². The van der Waals surface area contributed by atoms with Crippen molar-refractivity contribution in [1.82, 2.24) is 0 Å². The number of hydrogen-bond donors (Lipinski definition) is 1. The van der Waals surface area contributed by atoms with E-state index in [4.69, 9.17) is 4.74 Å². The average Bonchev–Trinajstić information content (AvgIpc) is 2.40. The van der Waals surface area contributed by atoms with E-state index in [1.807, 2.05) is 25.1 Å². The van der Waals surface area contributed by atoms with Crippen molar-refractivity contribution >= 4 is 5.69 Å². The molecule has 0 saturated carbocycles. The molecule has 0 aliphatic heterocycles. The van der Waals surface area contributed by atoms with Crippen molar-refractivity contribution < 1.29 is 4.74 Å². The minimum absolute atomic E-state index is 0.246. The van der Waals surface area contributed by atoms with Crippen LogP contribution in [-0.4, -0.2) is 6.61 Å². The number of hydrogen-bond acceptors (Lipinski definition) is 2. The summed E-state index contributed by atoms with van der Waals surface area (Å²) in [5.74, 6) is 0.909. The SMILES string of the molecule is CCOc1ccccc1NC(C)c1cc(C)cc(C)c1. The summed E-state index contributed by atoms with van der Waals surface area (Å²) >= 11 is 0. The fraction of sp³-hybridized carbons (Fsp3) is 0.333. The molecule has 1 unspecified atom stereocenters. The van der Waals surface area contributed by atoms with Crippen LogP contribution in [0.25, 0.3) is 0 Å². The van der Waals surface area contributed by atoms with E-state index in [9.17, 15) is 0 Å². The molecule has 0 bridgehead atoms. The molecule has 0 fully saturated rings. The first-order valence-electron chi connectivity index (χ1n) is 7.16. The molecule has 20 heavy (non-hydrogen) atoms. The highest BCUT2D eigenvalue weighted by atomic mass is 16.5. The molecular weight excluding hydrogens is 246 g/mol. The van der Waals surface area contributed by atoms with Gasteiger partial charge in [-0.1, -0.05) is 41.5 Å². The Bertz CT molecular complexity index is 557. The van der Waals surface area contributed by atoms with E-state index >= 15 is 0 Å². The zero-order valence-corrected chi connectivity index (χ0v) is 12.7. The van der Waals surface area contributed by atoms with Crippen molar-refractivity contribution in [3.8, 4) is 5.75 Å². The number of aryl methyl sites for hydroxylation is 2. The fourth-order valence-corrected chi connectivity index (χ4v) is 2.44. The molecule has 0 aliphatic carbocycles. The van der Waals surface area contributed by atoms with E-state index < -0.39 is 0 Å². The lowest BCUT2D eigenvalue weighted by Gasteiger charge is -2.19. The molecule has 0 spiro atoms. The molecule has 2 nitrogen and oxygen atoms in total. The molecule has 106 valence electrons. The minimum atomic E-state index is 0.246. The van der Waals surface area contributed by atoms with Gasteiger partial charge in [0.15, 0.2) is 0 Å². The first kappa shape index (κ1) is 14.4. The molecule has 0 radical (unpaired) electrons. The highest BCUT2D eigenvalue weighted by molar-refractivity contribution is 5.57. The van der Waals surface area contributed by atoms with Gasteiger partial charge in [0, 0.05) is 6.04 Å². The maximum atomic E-state index is 5.66. The normalized spacial score (nSPS) is 12.0. The van der Waals surface area contributed by atoms with Crippen LogP contribution < -0.4 is 10.1 Å². The zero-order chi connectivity index (χ0) is 14.5. The van der Waals surface area contributed by atoms with Crippen LogP contribution in [-0.2, 0) is 0 Å². The van der Waals surface area contributed by atoms with Crippen LogP contribution in [0.3, 0.4) is 0 Å². The van der Waals surface area contributed by atoms with Crippen molar-refractivity contribution in [2.45, 2.75) is 33.7 Å². The maximum absolute atomic E-state index is 5.66. The maximum Gasteiger partial charge on any atom is 0.142 e. The van der Waals surface area contributed by atoms with Crippen LogP contribution in [0.1, 0.15) is 36.6 Å². The Kier molecular flexibility index (Phi) is 4.67. The first-order valence-corrected chi connectivity index (χ1v) is 7.16. The van der Waals surface area contributed by atoms with Crippen molar-refractivity contribution in [2.75, 3.05) is 11.9 Å². The van der Waals surface area contributed by atoms with Crippen LogP contribution in [0.4, 0.5) is 5.69 Å². The minimum Gasteiger partial charge on any atom is -0.492 e. The van der Waals surface area contributed by atoms with Gasteiger partial charge >= 0.3 is 0 Å². The third-order valence-electron chi connectivity index (χ3n) is 3.30. The van der Waals surface area contributed by atoms with E-state index in [1.165, 1.54) is 16.7 Å². The lowest BCUT2D eigenvalue weighted by Crippen LogP contribution is -2.08. The van der Waals surface area contributed by atoms with Gasteiger partial charge < -0.3 is 10.1 Å². The molecule has 0 heterocycles. The molecule has 0 saturated heterocycles. The molecular formula is C18H23NO. The number of benzene rings is 2. The summed E-state index contributed by atoms with van der Waals surface area (Å²) in [5, 5.41) is 3.54.